The van der Waals surface area contributed by atoms with Crippen molar-refractivity contribution < 1.29 is 4.79 Å². The molecule has 1 aromatic carbocycles. The average molecular weight is 273 g/mol. The molecule has 1 heterocycles. The summed E-state index contributed by atoms with van der Waals surface area (Å²) in [4.78, 5) is 11.9. The molecule has 4 nitrogen and oxygen atoms in total. The van der Waals surface area contributed by atoms with Crippen LogP contribution in [0.5, 0.6) is 0 Å². The fourth-order valence-electron chi connectivity index (χ4n) is 2.32. The molecule has 1 amide bonds. The Bertz CT molecular complexity index is 574. The van der Waals surface area contributed by atoms with Crippen molar-refractivity contribution >= 4 is 16.8 Å². The van der Waals surface area contributed by atoms with Gasteiger partial charge in [-0.1, -0.05) is 19.4 Å². The Morgan fingerprint density at radius 3 is 2.90 bits per heavy atom. The molecule has 1 aromatic heterocycles. The van der Waals surface area contributed by atoms with Gasteiger partial charge in [-0.3, -0.25) is 4.79 Å². The van der Waals surface area contributed by atoms with Gasteiger partial charge in [-0.2, -0.15) is 0 Å². The molecule has 0 spiro atoms. The first kappa shape index (κ1) is 14.6. The van der Waals surface area contributed by atoms with Crippen molar-refractivity contribution in [1.82, 2.24) is 15.2 Å². The van der Waals surface area contributed by atoms with E-state index in [1.807, 2.05) is 17.8 Å². The van der Waals surface area contributed by atoms with Crippen molar-refractivity contribution in [2.45, 2.75) is 32.9 Å². The largest absolute Gasteiger partial charge is 0.355 e. The molecule has 4 heteroatoms. The van der Waals surface area contributed by atoms with Crippen molar-refractivity contribution in [2.24, 2.45) is 0 Å². The molecule has 2 N–H and O–H groups in total. The predicted molar refractivity (Wildman–Crippen MR) is 82.6 cm³/mol. The lowest BCUT2D eigenvalue weighted by Gasteiger charge is -2.07. The first-order chi connectivity index (χ1) is 9.74. The fourth-order valence-corrected chi connectivity index (χ4v) is 2.32. The maximum Gasteiger partial charge on any atom is 0.239 e. The number of aromatic nitrogens is 1. The lowest BCUT2D eigenvalue weighted by Crippen LogP contribution is -2.28. The first-order valence-corrected chi connectivity index (χ1v) is 7.23. The number of nitrogens with one attached hydrogen (secondary N) is 2. The van der Waals surface area contributed by atoms with Crippen LogP contribution in [0.2, 0.25) is 0 Å². The molecule has 2 rings (SSSR count). The summed E-state index contributed by atoms with van der Waals surface area (Å²) < 4.78 is 2.00. The van der Waals surface area contributed by atoms with Crippen LogP contribution in [0.1, 0.15) is 25.3 Å². The van der Waals surface area contributed by atoms with Crippen molar-refractivity contribution in [3.05, 3.63) is 36.0 Å². The molecule has 0 radical (unpaired) electrons. The van der Waals surface area contributed by atoms with Crippen LogP contribution in [-0.4, -0.2) is 24.1 Å². The van der Waals surface area contributed by atoms with Gasteiger partial charge in [-0.15, -0.1) is 0 Å². The summed E-state index contributed by atoms with van der Waals surface area (Å²) in [5, 5.41) is 7.27. The van der Waals surface area contributed by atoms with Crippen molar-refractivity contribution in [3.8, 4) is 0 Å². The molecule has 0 aliphatic heterocycles. The lowest BCUT2D eigenvalue weighted by molar-refractivity contribution is -0.121. The summed E-state index contributed by atoms with van der Waals surface area (Å²) in [6.45, 7) is 4.13. The van der Waals surface area contributed by atoms with Crippen LogP contribution in [0.15, 0.2) is 30.5 Å². The third kappa shape index (κ3) is 3.61. The number of hydrogen-bond acceptors (Lipinski definition) is 2. The molecule has 0 aliphatic rings. The van der Waals surface area contributed by atoms with Gasteiger partial charge >= 0.3 is 0 Å². The summed E-state index contributed by atoms with van der Waals surface area (Å²) in [7, 11) is 1.94. The molecule has 0 aliphatic carbocycles. The van der Waals surface area contributed by atoms with Crippen LogP contribution < -0.4 is 10.6 Å². The zero-order valence-corrected chi connectivity index (χ0v) is 12.3. The molecule has 108 valence electrons. The summed E-state index contributed by atoms with van der Waals surface area (Å²) in [5.74, 6) is 0.0789. The maximum absolute atomic E-state index is 11.9. The summed E-state index contributed by atoms with van der Waals surface area (Å²) in [6.07, 6.45) is 4.11. The fraction of sp³-hybridized carbons (Fsp3) is 0.438. The SMILES string of the molecule is CCCCNC(=O)Cn1ccc2cc(CNC)ccc21. The van der Waals surface area contributed by atoms with E-state index in [-0.39, 0.29) is 5.91 Å². The molecule has 20 heavy (non-hydrogen) atoms. The predicted octanol–water partition coefficient (Wildman–Crippen LogP) is 2.28. The molecule has 0 saturated carbocycles. The number of amides is 1. The third-order valence-corrected chi connectivity index (χ3v) is 3.38. The van der Waals surface area contributed by atoms with Crippen molar-refractivity contribution in [3.63, 3.8) is 0 Å². The Balaban J connectivity index is 2.05. The zero-order chi connectivity index (χ0) is 14.4. The highest BCUT2D eigenvalue weighted by atomic mass is 16.1. The Morgan fingerprint density at radius 2 is 2.15 bits per heavy atom. The van der Waals surface area contributed by atoms with E-state index in [1.165, 1.54) is 10.9 Å². The van der Waals surface area contributed by atoms with Gasteiger partial charge in [-0.05, 0) is 42.6 Å². The molecule has 0 atom stereocenters. The third-order valence-electron chi connectivity index (χ3n) is 3.38. The topological polar surface area (TPSA) is 46.1 Å². The minimum atomic E-state index is 0.0789. The first-order valence-electron chi connectivity index (χ1n) is 7.23. The standard InChI is InChI=1S/C16H23N3O/c1-3-4-8-18-16(20)12-19-9-7-14-10-13(11-17-2)5-6-15(14)19/h5-7,9-10,17H,3-4,8,11-12H2,1-2H3,(H,18,20). The second-order valence-corrected chi connectivity index (χ2v) is 5.07. The number of carbonyl (C=O) groups is 1. The van der Waals surface area contributed by atoms with E-state index in [2.05, 4.69) is 41.8 Å². The monoisotopic (exact) mass is 273 g/mol. The highest BCUT2D eigenvalue weighted by Gasteiger charge is 2.06. The Hall–Kier alpha value is -1.81. The number of rotatable bonds is 7. The van der Waals surface area contributed by atoms with Gasteiger partial charge in [0.1, 0.15) is 6.54 Å². The van der Waals surface area contributed by atoms with E-state index < -0.39 is 0 Å². The number of hydrogen-bond donors (Lipinski definition) is 2. The van der Waals surface area contributed by atoms with Crippen LogP contribution in [-0.2, 0) is 17.9 Å². The van der Waals surface area contributed by atoms with Gasteiger partial charge in [0.2, 0.25) is 5.91 Å². The maximum atomic E-state index is 11.9. The lowest BCUT2D eigenvalue weighted by atomic mass is 10.1. The Morgan fingerprint density at radius 1 is 1.30 bits per heavy atom. The van der Waals surface area contributed by atoms with Crippen LogP contribution in [0.4, 0.5) is 0 Å². The minimum absolute atomic E-state index is 0.0789. The van der Waals surface area contributed by atoms with Crippen molar-refractivity contribution in [1.29, 1.82) is 0 Å². The number of carbonyl (C=O) groups excluding carboxylic acids is 1. The summed E-state index contributed by atoms with van der Waals surface area (Å²) in [5.41, 5.74) is 2.36. The van der Waals surface area contributed by atoms with E-state index in [1.54, 1.807) is 0 Å². The number of benzene rings is 1. The normalized spacial score (nSPS) is 10.9. The van der Waals surface area contributed by atoms with E-state index in [0.717, 1.165) is 31.4 Å². The number of fused-ring (bicyclic) bond motifs is 1. The highest BCUT2D eigenvalue weighted by molar-refractivity contribution is 5.83. The summed E-state index contributed by atoms with van der Waals surface area (Å²) >= 11 is 0. The van der Waals surface area contributed by atoms with Crippen LogP contribution in [0.3, 0.4) is 0 Å². The molecule has 2 aromatic rings. The molecule has 0 unspecified atom stereocenters. The molecule has 0 bridgehead atoms. The van der Waals surface area contributed by atoms with E-state index >= 15 is 0 Å². The minimum Gasteiger partial charge on any atom is -0.355 e. The number of unbranched alkanes of at least 4 members (excludes halogenated alkanes) is 1. The van der Waals surface area contributed by atoms with Crippen LogP contribution in [0, 0.1) is 0 Å². The molecular weight excluding hydrogens is 250 g/mol. The molecular formula is C16H23N3O. The smallest absolute Gasteiger partial charge is 0.239 e. The number of nitrogens with zero attached hydrogens (tertiary/aromatic N) is 1. The van der Waals surface area contributed by atoms with Gasteiger partial charge in [-0.25, -0.2) is 0 Å². The van der Waals surface area contributed by atoms with Crippen molar-refractivity contribution in [2.75, 3.05) is 13.6 Å². The van der Waals surface area contributed by atoms with Gasteiger partial charge in [0.25, 0.3) is 0 Å². The second kappa shape index (κ2) is 7.10. The molecule has 0 fully saturated rings. The van der Waals surface area contributed by atoms with Gasteiger partial charge < -0.3 is 15.2 Å². The zero-order valence-electron chi connectivity index (χ0n) is 12.3. The van der Waals surface area contributed by atoms with Crippen LogP contribution >= 0.6 is 0 Å². The van der Waals surface area contributed by atoms with E-state index in [0.29, 0.717) is 6.54 Å². The second-order valence-electron chi connectivity index (χ2n) is 5.07. The quantitative estimate of drug-likeness (QED) is 0.760. The van der Waals surface area contributed by atoms with Gasteiger partial charge in [0.05, 0.1) is 0 Å². The van der Waals surface area contributed by atoms with E-state index in [4.69, 9.17) is 0 Å². The van der Waals surface area contributed by atoms with Gasteiger partial charge in [0, 0.05) is 24.8 Å². The van der Waals surface area contributed by atoms with Gasteiger partial charge in [0.15, 0.2) is 0 Å². The Labute approximate surface area is 120 Å². The Kier molecular flexibility index (Phi) is 5.18. The highest BCUT2D eigenvalue weighted by Crippen LogP contribution is 2.17. The molecule has 0 saturated heterocycles. The van der Waals surface area contributed by atoms with Crippen LogP contribution in [0.25, 0.3) is 10.9 Å². The van der Waals surface area contributed by atoms with E-state index in [9.17, 15) is 4.79 Å². The average Bonchev–Trinajstić information content (AvgIpc) is 2.82. The summed E-state index contributed by atoms with van der Waals surface area (Å²) in [6, 6.07) is 8.41.